The van der Waals surface area contributed by atoms with Gasteiger partial charge in [0.05, 0.1) is 19.0 Å². The number of rotatable bonds is 4. The van der Waals surface area contributed by atoms with Crippen LogP contribution in [0, 0.1) is 0 Å². The first-order chi connectivity index (χ1) is 7.71. The van der Waals surface area contributed by atoms with Crippen molar-refractivity contribution in [3.8, 4) is 0 Å². The Hall–Kier alpha value is -1.78. The van der Waals surface area contributed by atoms with Gasteiger partial charge in [0.15, 0.2) is 0 Å². The quantitative estimate of drug-likeness (QED) is 0.849. The summed E-state index contributed by atoms with van der Waals surface area (Å²) in [7, 11) is 1.33. The van der Waals surface area contributed by atoms with E-state index in [2.05, 4.69) is 33.8 Å². The van der Waals surface area contributed by atoms with Gasteiger partial charge in [0, 0.05) is 13.1 Å². The van der Waals surface area contributed by atoms with Gasteiger partial charge in [0.25, 0.3) is 0 Å². The number of amides is 1. The molecule has 0 fully saturated rings. The number of methoxy groups -OCH3 is 1. The van der Waals surface area contributed by atoms with Crippen LogP contribution in [0.15, 0.2) is 18.3 Å². The van der Waals surface area contributed by atoms with Crippen molar-refractivity contribution in [3.05, 3.63) is 18.3 Å². The predicted molar refractivity (Wildman–Crippen MR) is 63.8 cm³/mol. The van der Waals surface area contributed by atoms with Gasteiger partial charge in [-0.2, -0.15) is 0 Å². The molecule has 0 radical (unpaired) electrons. The van der Waals surface area contributed by atoms with E-state index in [9.17, 15) is 4.79 Å². The number of ether oxygens (including phenoxy) is 1. The molecule has 0 atom stereocenters. The molecule has 1 aromatic heterocycles. The number of nitrogens with one attached hydrogen (secondary N) is 1. The average molecular weight is 223 g/mol. The molecule has 0 aliphatic rings. The maximum atomic E-state index is 10.9. The highest BCUT2D eigenvalue weighted by atomic mass is 16.5. The van der Waals surface area contributed by atoms with Crippen molar-refractivity contribution < 1.29 is 9.53 Å². The zero-order valence-electron chi connectivity index (χ0n) is 9.86. The summed E-state index contributed by atoms with van der Waals surface area (Å²) in [6.45, 7) is 5.97. The predicted octanol–water partition coefficient (Wildman–Crippen LogP) is 2.11. The number of anilines is 2. The molecule has 0 saturated carbocycles. The third kappa shape index (κ3) is 3.12. The largest absolute Gasteiger partial charge is 0.453 e. The van der Waals surface area contributed by atoms with E-state index < -0.39 is 6.09 Å². The first-order valence-corrected chi connectivity index (χ1v) is 5.27. The van der Waals surface area contributed by atoms with E-state index in [1.54, 1.807) is 12.3 Å². The molecule has 16 heavy (non-hydrogen) atoms. The lowest BCUT2D eigenvalue weighted by molar-refractivity contribution is 0.187. The summed E-state index contributed by atoms with van der Waals surface area (Å²) in [5.74, 6) is 0.903. The second-order valence-electron chi connectivity index (χ2n) is 3.19. The normalized spacial score (nSPS) is 9.69. The fraction of sp³-hybridized carbons (Fsp3) is 0.455. The summed E-state index contributed by atoms with van der Waals surface area (Å²) in [5.41, 5.74) is 0.628. The van der Waals surface area contributed by atoms with Crippen LogP contribution in [0.3, 0.4) is 0 Å². The fourth-order valence-corrected chi connectivity index (χ4v) is 1.36. The summed E-state index contributed by atoms with van der Waals surface area (Å²) >= 11 is 0. The lowest BCUT2D eigenvalue weighted by Gasteiger charge is -2.19. The van der Waals surface area contributed by atoms with E-state index in [4.69, 9.17) is 0 Å². The van der Waals surface area contributed by atoms with Crippen LogP contribution >= 0.6 is 0 Å². The van der Waals surface area contributed by atoms with Crippen LogP contribution in [-0.2, 0) is 4.74 Å². The number of hydrogen-bond donors (Lipinski definition) is 1. The number of carbonyl (C=O) groups excluding carboxylic acids is 1. The molecule has 0 spiro atoms. The van der Waals surface area contributed by atoms with Crippen LogP contribution in [0.25, 0.3) is 0 Å². The highest BCUT2D eigenvalue weighted by Crippen LogP contribution is 2.13. The van der Waals surface area contributed by atoms with Crippen molar-refractivity contribution in [1.29, 1.82) is 0 Å². The van der Waals surface area contributed by atoms with Gasteiger partial charge >= 0.3 is 6.09 Å². The van der Waals surface area contributed by atoms with E-state index in [1.165, 1.54) is 7.11 Å². The van der Waals surface area contributed by atoms with Crippen molar-refractivity contribution in [2.45, 2.75) is 13.8 Å². The topological polar surface area (TPSA) is 54.5 Å². The van der Waals surface area contributed by atoms with Crippen molar-refractivity contribution in [2.75, 3.05) is 30.4 Å². The third-order valence-corrected chi connectivity index (χ3v) is 2.27. The standard InChI is InChI=1S/C11H17N3O2/c1-4-14(5-2)10-7-6-9(8-12-10)13-11(15)16-3/h6-8H,4-5H2,1-3H3,(H,13,15). The number of hydrogen-bond acceptors (Lipinski definition) is 4. The monoisotopic (exact) mass is 223 g/mol. The van der Waals surface area contributed by atoms with Crippen LogP contribution in [-0.4, -0.2) is 31.3 Å². The molecule has 1 amide bonds. The van der Waals surface area contributed by atoms with Crippen molar-refractivity contribution in [2.24, 2.45) is 0 Å². The molecule has 1 heterocycles. The number of aromatic nitrogens is 1. The minimum atomic E-state index is -0.489. The highest BCUT2D eigenvalue weighted by molar-refractivity contribution is 5.84. The van der Waals surface area contributed by atoms with Gasteiger partial charge in [-0.1, -0.05) is 0 Å². The van der Waals surface area contributed by atoms with Gasteiger partial charge in [-0.15, -0.1) is 0 Å². The second-order valence-corrected chi connectivity index (χ2v) is 3.19. The molecule has 5 heteroatoms. The summed E-state index contributed by atoms with van der Waals surface area (Å²) in [4.78, 5) is 17.3. The Labute approximate surface area is 95.4 Å². The summed E-state index contributed by atoms with van der Waals surface area (Å²) < 4.78 is 4.49. The molecule has 0 saturated heterocycles. The van der Waals surface area contributed by atoms with E-state index >= 15 is 0 Å². The fourth-order valence-electron chi connectivity index (χ4n) is 1.36. The van der Waals surface area contributed by atoms with Crippen LogP contribution in [0.2, 0.25) is 0 Å². The van der Waals surface area contributed by atoms with Gasteiger partial charge in [-0.25, -0.2) is 9.78 Å². The molecule has 1 N–H and O–H groups in total. The average Bonchev–Trinajstić information content (AvgIpc) is 2.32. The molecule has 0 aliphatic carbocycles. The first-order valence-electron chi connectivity index (χ1n) is 5.27. The zero-order valence-corrected chi connectivity index (χ0v) is 9.86. The van der Waals surface area contributed by atoms with Crippen molar-refractivity contribution >= 4 is 17.6 Å². The van der Waals surface area contributed by atoms with E-state index in [1.807, 2.05) is 6.07 Å². The second kappa shape index (κ2) is 5.95. The number of carbonyl (C=O) groups is 1. The number of pyridine rings is 1. The maximum Gasteiger partial charge on any atom is 0.411 e. The Morgan fingerprint density at radius 2 is 2.12 bits per heavy atom. The smallest absolute Gasteiger partial charge is 0.411 e. The van der Waals surface area contributed by atoms with Crippen LogP contribution < -0.4 is 10.2 Å². The van der Waals surface area contributed by atoms with E-state index in [0.29, 0.717) is 5.69 Å². The van der Waals surface area contributed by atoms with Gasteiger partial charge < -0.3 is 9.64 Å². The Morgan fingerprint density at radius 3 is 2.56 bits per heavy atom. The molecule has 0 aliphatic heterocycles. The van der Waals surface area contributed by atoms with Crippen LogP contribution in [0.1, 0.15) is 13.8 Å². The molecule has 1 aromatic rings. The van der Waals surface area contributed by atoms with Crippen LogP contribution in [0.4, 0.5) is 16.3 Å². The SMILES string of the molecule is CCN(CC)c1ccc(NC(=O)OC)cn1. The minimum Gasteiger partial charge on any atom is -0.453 e. The molecular weight excluding hydrogens is 206 g/mol. The lowest BCUT2D eigenvalue weighted by atomic mass is 10.3. The van der Waals surface area contributed by atoms with Gasteiger partial charge in [-0.3, -0.25) is 5.32 Å². The molecule has 0 unspecified atom stereocenters. The Morgan fingerprint density at radius 1 is 1.44 bits per heavy atom. The molecule has 88 valence electrons. The minimum absolute atomic E-state index is 0.489. The molecule has 1 rings (SSSR count). The van der Waals surface area contributed by atoms with Gasteiger partial charge in [0.2, 0.25) is 0 Å². The van der Waals surface area contributed by atoms with Crippen molar-refractivity contribution in [3.63, 3.8) is 0 Å². The van der Waals surface area contributed by atoms with E-state index in [0.717, 1.165) is 18.9 Å². The Bertz CT molecular complexity index is 334. The highest BCUT2D eigenvalue weighted by Gasteiger charge is 2.04. The number of nitrogens with zero attached hydrogens (tertiary/aromatic N) is 2. The molecule has 0 aromatic carbocycles. The zero-order chi connectivity index (χ0) is 12.0. The molecular formula is C11H17N3O2. The van der Waals surface area contributed by atoms with E-state index in [-0.39, 0.29) is 0 Å². The first kappa shape index (κ1) is 12.3. The summed E-state index contributed by atoms with van der Waals surface area (Å²) in [6, 6.07) is 3.68. The van der Waals surface area contributed by atoms with Crippen molar-refractivity contribution in [1.82, 2.24) is 4.98 Å². The Kier molecular flexibility index (Phi) is 4.57. The maximum absolute atomic E-state index is 10.9. The summed E-state index contributed by atoms with van der Waals surface area (Å²) in [5, 5.41) is 2.55. The van der Waals surface area contributed by atoms with Gasteiger partial charge in [-0.05, 0) is 26.0 Å². The summed E-state index contributed by atoms with van der Waals surface area (Å²) in [6.07, 6.45) is 1.13. The third-order valence-electron chi connectivity index (χ3n) is 2.27. The lowest BCUT2D eigenvalue weighted by Crippen LogP contribution is -2.22. The Balaban J connectivity index is 2.70. The van der Waals surface area contributed by atoms with Crippen LogP contribution in [0.5, 0.6) is 0 Å². The molecule has 0 bridgehead atoms. The molecule has 5 nitrogen and oxygen atoms in total. The van der Waals surface area contributed by atoms with Gasteiger partial charge in [0.1, 0.15) is 5.82 Å².